The summed E-state index contributed by atoms with van der Waals surface area (Å²) < 4.78 is 5.85. The van der Waals surface area contributed by atoms with Crippen LogP contribution >= 0.6 is 0 Å². The Morgan fingerprint density at radius 3 is 2.38 bits per heavy atom. The molecular formula is C17H27NO3. The highest BCUT2D eigenvalue weighted by Crippen LogP contribution is 2.31. The lowest BCUT2D eigenvalue weighted by Gasteiger charge is -2.27. The molecule has 1 atom stereocenters. The van der Waals surface area contributed by atoms with Crippen molar-refractivity contribution >= 4 is 5.97 Å². The Morgan fingerprint density at radius 2 is 1.86 bits per heavy atom. The van der Waals surface area contributed by atoms with Crippen LogP contribution in [0, 0.1) is 0 Å². The second-order valence-electron chi connectivity index (χ2n) is 6.51. The first-order chi connectivity index (χ1) is 9.70. The lowest BCUT2D eigenvalue weighted by molar-refractivity contribution is -0.144. The SMILES string of the molecule is CCNC(C)(CCOc1ccccc1C(C)(C)C)C(=O)O. The minimum Gasteiger partial charge on any atom is -0.493 e. The zero-order valence-electron chi connectivity index (χ0n) is 13.7. The average molecular weight is 293 g/mol. The fourth-order valence-electron chi connectivity index (χ4n) is 2.24. The first-order valence-electron chi connectivity index (χ1n) is 7.41. The van der Waals surface area contributed by atoms with E-state index in [1.807, 2.05) is 25.1 Å². The molecular weight excluding hydrogens is 266 g/mol. The van der Waals surface area contributed by atoms with Gasteiger partial charge in [-0.2, -0.15) is 0 Å². The third-order valence-electron chi connectivity index (χ3n) is 3.59. The number of rotatable bonds is 7. The van der Waals surface area contributed by atoms with Crippen molar-refractivity contribution in [1.82, 2.24) is 5.32 Å². The van der Waals surface area contributed by atoms with Gasteiger partial charge in [-0.3, -0.25) is 4.79 Å². The van der Waals surface area contributed by atoms with Gasteiger partial charge in [0.05, 0.1) is 6.61 Å². The minimum atomic E-state index is -0.953. The molecule has 1 aromatic rings. The van der Waals surface area contributed by atoms with Crippen LogP contribution in [0.1, 0.15) is 46.6 Å². The van der Waals surface area contributed by atoms with Gasteiger partial charge in [0.1, 0.15) is 11.3 Å². The van der Waals surface area contributed by atoms with E-state index in [0.717, 1.165) is 11.3 Å². The summed E-state index contributed by atoms with van der Waals surface area (Å²) in [5, 5.41) is 12.3. The van der Waals surface area contributed by atoms with Gasteiger partial charge in [-0.1, -0.05) is 45.9 Å². The van der Waals surface area contributed by atoms with Gasteiger partial charge in [0.2, 0.25) is 0 Å². The molecule has 0 aromatic heterocycles. The molecule has 1 rings (SSSR count). The fraction of sp³-hybridized carbons (Fsp3) is 0.588. The van der Waals surface area contributed by atoms with E-state index in [0.29, 0.717) is 19.6 Å². The molecule has 4 nitrogen and oxygen atoms in total. The predicted molar refractivity (Wildman–Crippen MR) is 85.0 cm³/mol. The third kappa shape index (κ3) is 4.74. The van der Waals surface area contributed by atoms with E-state index < -0.39 is 11.5 Å². The van der Waals surface area contributed by atoms with Gasteiger partial charge < -0.3 is 15.2 Å². The van der Waals surface area contributed by atoms with Crippen LogP contribution in [0.15, 0.2) is 24.3 Å². The number of likely N-dealkylation sites (N-methyl/N-ethyl adjacent to an activating group) is 1. The fourth-order valence-corrected chi connectivity index (χ4v) is 2.24. The number of benzene rings is 1. The first-order valence-corrected chi connectivity index (χ1v) is 7.41. The summed E-state index contributed by atoms with van der Waals surface area (Å²) in [6.07, 6.45) is 0.411. The number of hydrogen-bond donors (Lipinski definition) is 2. The van der Waals surface area contributed by atoms with Crippen LogP contribution < -0.4 is 10.1 Å². The van der Waals surface area contributed by atoms with Crippen LogP contribution in [-0.4, -0.2) is 29.8 Å². The van der Waals surface area contributed by atoms with Crippen LogP contribution in [-0.2, 0) is 10.2 Å². The van der Waals surface area contributed by atoms with Gasteiger partial charge >= 0.3 is 5.97 Å². The number of carboxylic acid groups (broad SMARTS) is 1. The van der Waals surface area contributed by atoms with E-state index in [1.54, 1.807) is 6.92 Å². The number of nitrogens with one attached hydrogen (secondary N) is 1. The van der Waals surface area contributed by atoms with E-state index in [-0.39, 0.29) is 5.41 Å². The monoisotopic (exact) mass is 293 g/mol. The minimum absolute atomic E-state index is 0.00559. The van der Waals surface area contributed by atoms with E-state index >= 15 is 0 Å². The van der Waals surface area contributed by atoms with Gasteiger partial charge in [0.25, 0.3) is 0 Å². The second kappa shape index (κ2) is 6.94. The molecule has 4 heteroatoms. The van der Waals surface area contributed by atoms with Crippen LogP contribution in [0.25, 0.3) is 0 Å². The normalized spacial score (nSPS) is 14.5. The Morgan fingerprint density at radius 1 is 1.24 bits per heavy atom. The molecule has 0 spiro atoms. The summed E-state index contributed by atoms with van der Waals surface area (Å²) in [5.41, 5.74) is 0.172. The first kappa shape index (κ1) is 17.5. The number of carbonyl (C=O) groups is 1. The van der Waals surface area contributed by atoms with Crippen molar-refractivity contribution in [1.29, 1.82) is 0 Å². The zero-order valence-corrected chi connectivity index (χ0v) is 13.7. The standard InChI is InChI=1S/C17H27NO3/c1-6-18-17(5,15(19)20)11-12-21-14-10-8-7-9-13(14)16(2,3)4/h7-10,18H,6,11-12H2,1-5H3,(H,19,20). The maximum absolute atomic E-state index is 11.4. The number of carboxylic acids is 1. The van der Waals surface area contributed by atoms with Gasteiger partial charge in [-0.25, -0.2) is 0 Å². The van der Waals surface area contributed by atoms with Crippen molar-refractivity contribution in [2.45, 2.75) is 52.0 Å². The summed E-state index contributed by atoms with van der Waals surface area (Å²) in [6, 6.07) is 7.92. The largest absolute Gasteiger partial charge is 0.493 e. The molecule has 0 saturated carbocycles. The number of aliphatic carboxylic acids is 1. The number of hydrogen-bond acceptors (Lipinski definition) is 3. The maximum Gasteiger partial charge on any atom is 0.323 e. The van der Waals surface area contributed by atoms with Crippen LogP contribution in [0.2, 0.25) is 0 Å². The Hall–Kier alpha value is -1.55. The highest BCUT2D eigenvalue weighted by Gasteiger charge is 2.32. The summed E-state index contributed by atoms with van der Waals surface area (Å²) in [5.74, 6) is -0.0220. The van der Waals surface area contributed by atoms with Gasteiger partial charge in [-0.15, -0.1) is 0 Å². The second-order valence-corrected chi connectivity index (χ2v) is 6.51. The van der Waals surface area contributed by atoms with Crippen molar-refractivity contribution in [3.63, 3.8) is 0 Å². The summed E-state index contributed by atoms with van der Waals surface area (Å²) in [6.45, 7) is 11.0. The average Bonchev–Trinajstić information content (AvgIpc) is 2.38. The highest BCUT2D eigenvalue weighted by molar-refractivity contribution is 5.78. The quantitative estimate of drug-likeness (QED) is 0.810. The molecule has 0 amide bonds. The number of para-hydroxylation sites is 1. The van der Waals surface area contributed by atoms with Crippen molar-refractivity contribution in [2.75, 3.05) is 13.2 Å². The van der Waals surface area contributed by atoms with Crippen LogP contribution in [0.4, 0.5) is 0 Å². The summed E-state index contributed by atoms with van der Waals surface area (Å²) in [7, 11) is 0. The van der Waals surface area contributed by atoms with Crippen molar-refractivity contribution in [2.24, 2.45) is 0 Å². The molecule has 1 unspecified atom stereocenters. The van der Waals surface area contributed by atoms with Crippen molar-refractivity contribution in [3.8, 4) is 5.75 Å². The Balaban J connectivity index is 2.74. The van der Waals surface area contributed by atoms with E-state index in [9.17, 15) is 9.90 Å². The Kier molecular flexibility index (Phi) is 5.78. The van der Waals surface area contributed by atoms with Gasteiger partial charge in [0.15, 0.2) is 0 Å². The van der Waals surface area contributed by atoms with E-state index in [1.165, 1.54) is 0 Å². The highest BCUT2D eigenvalue weighted by atomic mass is 16.5. The van der Waals surface area contributed by atoms with Gasteiger partial charge in [0, 0.05) is 6.42 Å². The van der Waals surface area contributed by atoms with E-state index in [2.05, 4.69) is 32.2 Å². The molecule has 0 saturated heterocycles. The lowest BCUT2D eigenvalue weighted by Crippen LogP contribution is -2.50. The topological polar surface area (TPSA) is 58.6 Å². The Labute approximate surface area is 127 Å². The number of ether oxygens (including phenoxy) is 1. The smallest absolute Gasteiger partial charge is 0.323 e. The molecule has 0 aliphatic rings. The molecule has 0 aliphatic heterocycles. The van der Waals surface area contributed by atoms with Crippen LogP contribution in [0.5, 0.6) is 5.75 Å². The van der Waals surface area contributed by atoms with Gasteiger partial charge in [-0.05, 0) is 30.5 Å². The van der Waals surface area contributed by atoms with Crippen LogP contribution in [0.3, 0.4) is 0 Å². The van der Waals surface area contributed by atoms with Crippen molar-refractivity contribution < 1.29 is 14.6 Å². The molecule has 0 bridgehead atoms. The molecule has 21 heavy (non-hydrogen) atoms. The predicted octanol–water partition coefficient (Wildman–Crippen LogP) is 3.21. The molecule has 0 radical (unpaired) electrons. The summed E-state index contributed by atoms with van der Waals surface area (Å²) in [4.78, 5) is 11.4. The molecule has 2 N–H and O–H groups in total. The summed E-state index contributed by atoms with van der Waals surface area (Å²) >= 11 is 0. The van der Waals surface area contributed by atoms with E-state index in [4.69, 9.17) is 4.74 Å². The Bertz CT molecular complexity index is 479. The van der Waals surface area contributed by atoms with Crippen molar-refractivity contribution in [3.05, 3.63) is 29.8 Å². The zero-order chi connectivity index (χ0) is 16.1. The third-order valence-corrected chi connectivity index (χ3v) is 3.59. The molecule has 1 aromatic carbocycles. The molecule has 0 aliphatic carbocycles. The molecule has 118 valence electrons. The lowest BCUT2D eigenvalue weighted by atomic mass is 9.86. The molecule has 0 heterocycles. The maximum atomic E-state index is 11.4. The molecule has 0 fully saturated rings.